The van der Waals surface area contributed by atoms with E-state index < -0.39 is 11.8 Å². The zero-order valence-corrected chi connectivity index (χ0v) is 20.2. The minimum absolute atomic E-state index is 0.0278. The Morgan fingerprint density at radius 2 is 1.59 bits per heavy atom. The topological polar surface area (TPSA) is 109 Å². The fraction of sp³-hybridized carbons (Fsp3) is 0.360. The first-order chi connectivity index (χ1) is 16.3. The molecule has 34 heavy (non-hydrogen) atoms. The maximum absolute atomic E-state index is 12.5. The number of anilines is 1. The lowest BCUT2D eigenvalue weighted by Gasteiger charge is -2.20. The zero-order chi connectivity index (χ0) is 24.5. The van der Waals surface area contributed by atoms with E-state index in [9.17, 15) is 14.4 Å². The number of nitrogens with one attached hydrogen (secondary N) is 4. The van der Waals surface area contributed by atoms with Gasteiger partial charge in [0.1, 0.15) is 5.75 Å². The molecule has 0 aromatic heterocycles. The van der Waals surface area contributed by atoms with Crippen molar-refractivity contribution in [1.29, 1.82) is 0 Å². The monoisotopic (exact) mass is 482 g/mol. The van der Waals surface area contributed by atoms with Crippen LogP contribution in [0.25, 0.3) is 0 Å². The van der Waals surface area contributed by atoms with Gasteiger partial charge in [-0.2, -0.15) is 0 Å². The highest BCUT2D eigenvalue weighted by Gasteiger charge is 2.21. The summed E-state index contributed by atoms with van der Waals surface area (Å²) < 4.78 is 5.65. The van der Waals surface area contributed by atoms with Gasteiger partial charge >= 0.3 is 0 Å². The van der Waals surface area contributed by atoms with Crippen molar-refractivity contribution < 1.29 is 19.1 Å². The molecule has 1 aliphatic carbocycles. The van der Waals surface area contributed by atoms with Crippen LogP contribution in [-0.2, 0) is 4.79 Å². The highest BCUT2D eigenvalue weighted by Crippen LogP contribution is 2.25. The maximum Gasteiger partial charge on any atom is 0.269 e. The third kappa shape index (κ3) is 7.28. The van der Waals surface area contributed by atoms with Crippen molar-refractivity contribution in [3.05, 3.63) is 59.7 Å². The number of thiocarbonyl (C=S) groups is 1. The number of rotatable bonds is 6. The number of amides is 3. The van der Waals surface area contributed by atoms with Crippen LogP contribution in [0.3, 0.4) is 0 Å². The Hall–Kier alpha value is -3.46. The number of para-hydroxylation sites is 1. The number of carbonyl (C=O) groups is 3. The molecule has 0 radical (unpaired) electrons. The Morgan fingerprint density at radius 1 is 0.912 bits per heavy atom. The molecule has 0 spiro atoms. The average molecular weight is 483 g/mol. The second-order valence-electron chi connectivity index (χ2n) is 8.43. The maximum atomic E-state index is 12.5. The molecule has 1 fully saturated rings. The summed E-state index contributed by atoms with van der Waals surface area (Å²) in [5, 5.41) is 5.37. The van der Waals surface area contributed by atoms with Gasteiger partial charge in [-0.3, -0.25) is 30.6 Å². The van der Waals surface area contributed by atoms with E-state index in [2.05, 4.69) is 21.5 Å². The molecule has 0 aliphatic heterocycles. The van der Waals surface area contributed by atoms with E-state index in [1.54, 1.807) is 48.5 Å². The molecule has 180 valence electrons. The van der Waals surface area contributed by atoms with Crippen molar-refractivity contribution in [2.45, 2.75) is 52.1 Å². The van der Waals surface area contributed by atoms with Gasteiger partial charge in [0.15, 0.2) is 5.11 Å². The fourth-order valence-corrected chi connectivity index (χ4v) is 3.86. The van der Waals surface area contributed by atoms with Crippen LogP contribution in [0.5, 0.6) is 5.75 Å². The molecule has 4 N–H and O–H groups in total. The van der Waals surface area contributed by atoms with E-state index >= 15 is 0 Å². The van der Waals surface area contributed by atoms with Crippen LogP contribution in [0.4, 0.5) is 5.69 Å². The van der Waals surface area contributed by atoms with Crippen molar-refractivity contribution >= 4 is 40.7 Å². The molecule has 8 nitrogen and oxygen atoms in total. The van der Waals surface area contributed by atoms with E-state index in [4.69, 9.17) is 17.0 Å². The number of carbonyl (C=O) groups excluding carboxylic acids is 3. The van der Waals surface area contributed by atoms with Crippen LogP contribution in [0.15, 0.2) is 48.5 Å². The van der Waals surface area contributed by atoms with Crippen LogP contribution in [0, 0.1) is 5.92 Å². The summed E-state index contributed by atoms with van der Waals surface area (Å²) in [5.74, 6) is -0.370. The number of hydrazine groups is 1. The molecular formula is C25H30N4O4S. The van der Waals surface area contributed by atoms with Crippen molar-refractivity contribution in [1.82, 2.24) is 16.2 Å². The van der Waals surface area contributed by atoms with Gasteiger partial charge in [-0.05, 0) is 75.3 Å². The lowest BCUT2D eigenvalue weighted by atomic mass is 9.88. The first kappa shape index (κ1) is 25.2. The standard InChI is InChI=1S/C25H30N4O4S/c1-16(2)33-21-11-7-6-10-20(21)24(32)27-25(34)29-28-23(31)18-12-14-19(15-13-18)26-22(30)17-8-4-3-5-9-17/h6-7,10-17H,3-5,8-9H2,1-2H3,(H,26,30)(H,28,31)(H2,27,29,32,34). The van der Waals surface area contributed by atoms with Gasteiger partial charge in [-0.15, -0.1) is 0 Å². The molecule has 0 unspecified atom stereocenters. The normalized spacial score (nSPS) is 13.6. The third-order valence-electron chi connectivity index (χ3n) is 5.40. The molecule has 0 saturated heterocycles. The van der Waals surface area contributed by atoms with Crippen LogP contribution < -0.4 is 26.2 Å². The summed E-state index contributed by atoms with van der Waals surface area (Å²) in [5.41, 5.74) is 6.32. The van der Waals surface area contributed by atoms with Crippen molar-refractivity contribution in [3.63, 3.8) is 0 Å². The summed E-state index contributed by atoms with van der Waals surface area (Å²) in [6, 6.07) is 13.4. The minimum Gasteiger partial charge on any atom is -0.490 e. The molecule has 2 aromatic rings. The molecule has 0 heterocycles. The molecule has 1 aliphatic rings. The summed E-state index contributed by atoms with van der Waals surface area (Å²) >= 11 is 5.11. The molecular weight excluding hydrogens is 452 g/mol. The minimum atomic E-state index is -0.457. The quantitative estimate of drug-likeness (QED) is 0.367. The first-order valence-corrected chi connectivity index (χ1v) is 11.8. The van der Waals surface area contributed by atoms with Gasteiger partial charge in [-0.25, -0.2) is 0 Å². The van der Waals surface area contributed by atoms with Crippen LogP contribution >= 0.6 is 12.2 Å². The highest BCUT2D eigenvalue weighted by molar-refractivity contribution is 7.80. The molecule has 9 heteroatoms. The van der Waals surface area contributed by atoms with Crippen molar-refractivity contribution in [2.75, 3.05) is 5.32 Å². The van der Waals surface area contributed by atoms with Gasteiger partial charge in [-0.1, -0.05) is 31.4 Å². The molecule has 1 saturated carbocycles. The first-order valence-electron chi connectivity index (χ1n) is 11.4. The SMILES string of the molecule is CC(C)Oc1ccccc1C(=O)NC(=S)NNC(=O)c1ccc(NC(=O)C2CCCCC2)cc1. The molecule has 2 aromatic carbocycles. The zero-order valence-electron chi connectivity index (χ0n) is 19.4. The Kier molecular flexibility index (Phi) is 8.98. The van der Waals surface area contributed by atoms with Crippen LogP contribution in [0.2, 0.25) is 0 Å². The van der Waals surface area contributed by atoms with Crippen LogP contribution in [0.1, 0.15) is 66.7 Å². The summed E-state index contributed by atoms with van der Waals surface area (Å²) in [7, 11) is 0. The largest absolute Gasteiger partial charge is 0.490 e. The number of hydrogen-bond donors (Lipinski definition) is 4. The van der Waals surface area contributed by atoms with E-state index in [-0.39, 0.29) is 23.0 Å². The van der Waals surface area contributed by atoms with Gasteiger partial charge in [0.25, 0.3) is 11.8 Å². The Morgan fingerprint density at radius 3 is 2.26 bits per heavy atom. The Bertz CT molecular complexity index is 1030. The van der Waals surface area contributed by atoms with E-state index in [1.165, 1.54) is 6.42 Å². The molecule has 3 rings (SSSR count). The summed E-state index contributed by atoms with van der Waals surface area (Å²) in [6.45, 7) is 3.74. The Labute approximate surface area is 204 Å². The van der Waals surface area contributed by atoms with Crippen molar-refractivity contribution in [2.24, 2.45) is 5.92 Å². The second-order valence-corrected chi connectivity index (χ2v) is 8.83. The number of ether oxygens (including phenoxy) is 1. The molecule has 0 bridgehead atoms. The predicted octanol–water partition coefficient (Wildman–Crippen LogP) is 3.94. The lowest BCUT2D eigenvalue weighted by molar-refractivity contribution is -0.120. The number of hydrogen-bond acceptors (Lipinski definition) is 5. The van der Waals surface area contributed by atoms with E-state index in [0.717, 1.165) is 25.7 Å². The molecule has 0 atom stereocenters. The van der Waals surface area contributed by atoms with Crippen molar-refractivity contribution in [3.8, 4) is 5.75 Å². The third-order valence-corrected chi connectivity index (χ3v) is 5.61. The second kappa shape index (κ2) is 12.1. The van der Waals surface area contributed by atoms with Gasteiger partial charge < -0.3 is 10.1 Å². The molecule has 3 amide bonds. The van der Waals surface area contributed by atoms with Gasteiger partial charge in [0.2, 0.25) is 5.91 Å². The van der Waals surface area contributed by atoms with Crippen LogP contribution in [-0.4, -0.2) is 28.9 Å². The number of benzene rings is 2. The van der Waals surface area contributed by atoms with Gasteiger partial charge in [0, 0.05) is 17.2 Å². The average Bonchev–Trinajstić information content (AvgIpc) is 2.83. The Balaban J connectivity index is 1.48. The van der Waals surface area contributed by atoms with E-state index in [1.807, 2.05) is 13.8 Å². The van der Waals surface area contributed by atoms with Gasteiger partial charge in [0.05, 0.1) is 11.7 Å². The predicted molar refractivity (Wildman–Crippen MR) is 135 cm³/mol. The highest BCUT2D eigenvalue weighted by atomic mass is 32.1. The fourth-order valence-electron chi connectivity index (χ4n) is 3.71. The lowest BCUT2D eigenvalue weighted by Crippen LogP contribution is -2.48. The van der Waals surface area contributed by atoms with E-state index in [0.29, 0.717) is 22.6 Å². The summed E-state index contributed by atoms with van der Waals surface area (Å²) in [6.07, 6.45) is 5.12. The summed E-state index contributed by atoms with van der Waals surface area (Å²) in [4.78, 5) is 37.3. The smallest absolute Gasteiger partial charge is 0.269 e.